The van der Waals surface area contributed by atoms with E-state index in [2.05, 4.69) is 9.97 Å². The van der Waals surface area contributed by atoms with E-state index in [0.29, 0.717) is 0 Å². The fraction of sp³-hybridized carbons (Fsp3) is 0. The number of thiocarbonyl (C=S) groups is 1. The monoisotopic (exact) mass is 162 g/mol. The summed E-state index contributed by atoms with van der Waals surface area (Å²) >= 11 is 4.75. The van der Waals surface area contributed by atoms with E-state index < -0.39 is 0 Å². The first kappa shape index (κ1) is 6.49. The second-order valence-electron chi connectivity index (χ2n) is 2.27. The second kappa shape index (κ2) is 2.43. The molecule has 2 aromatic heterocycles. The van der Waals surface area contributed by atoms with Crippen LogP contribution in [0.1, 0.15) is 5.69 Å². The van der Waals surface area contributed by atoms with Gasteiger partial charge in [0.15, 0.2) is 0 Å². The molecule has 54 valence electrons. The van der Waals surface area contributed by atoms with Gasteiger partial charge in [-0.1, -0.05) is 12.2 Å². The molecular formula is C8H6N2S. The molecule has 0 radical (unpaired) electrons. The highest BCUT2D eigenvalue weighted by Crippen LogP contribution is 2.08. The summed E-state index contributed by atoms with van der Waals surface area (Å²) in [5, 5.41) is 2.69. The lowest BCUT2D eigenvalue weighted by molar-refractivity contribution is 1.31. The molecule has 0 amide bonds. The SMILES string of the molecule is S=Cc1ccc2cc[nH]c2n1. The van der Waals surface area contributed by atoms with Crippen molar-refractivity contribution >= 4 is 28.6 Å². The first-order valence-electron chi connectivity index (χ1n) is 3.29. The summed E-state index contributed by atoms with van der Waals surface area (Å²) in [7, 11) is 0. The molecule has 11 heavy (non-hydrogen) atoms. The number of rotatable bonds is 1. The van der Waals surface area contributed by atoms with Gasteiger partial charge in [-0.25, -0.2) is 4.98 Å². The standard InChI is InChI=1S/C8H6N2S/c11-5-7-2-1-6-3-4-9-8(6)10-7/h1-5H,(H,9,10). The van der Waals surface area contributed by atoms with Crippen LogP contribution in [0.4, 0.5) is 0 Å². The van der Waals surface area contributed by atoms with Crippen molar-refractivity contribution in [1.82, 2.24) is 9.97 Å². The van der Waals surface area contributed by atoms with Crippen molar-refractivity contribution in [2.75, 3.05) is 0 Å². The maximum Gasteiger partial charge on any atom is 0.137 e. The third kappa shape index (κ3) is 1.03. The number of hydrogen-bond acceptors (Lipinski definition) is 2. The highest BCUT2D eigenvalue weighted by atomic mass is 32.1. The zero-order valence-electron chi connectivity index (χ0n) is 5.74. The molecule has 0 saturated carbocycles. The first-order chi connectivity index (χ1) is 5.40. The number of nitrogens with zero attached hydrogens (tertiary/aromatic N) is 1. The Morgan fingerprint density at radius 1 is 1.36 bits per heavy atom. The zero-order chi connectivity index (χ0) is 7.68. The summed E-state index contributed by atoms with van der Waals surface area (Å²) in [4.78, 5) is 7.26. The van der Waals surface area contributed by atoms with Gasteiger partial charge >= 0.3 is 0 Å². The summed E-state index contributed by atoms with van der Waals surface area (Å²) in [6.45, 7) is 0. The first-order valence-corrected chi connectivity index (χ1v) is 3.76. The third-order valence-corrected chi connectivity index (χ3v) is 1.79. The van der Waals surface area contributed by atoms with E-state index in [0.717, 1.165) is 16.7 Å². The quantitative estimate of drug-likeness (QED) is 0.649. The molecule has 0 aromatic carbocycles. The molecule has 0 saturated heterocycles. The molecule has 0 spiro atoms. The van der Waals surface area contributed by atoms with Gasteiger partial charge < -0.3 is 4.98 Å². The molecule has 1 N–H and O–H groups in total. The van der Waals surface area contributed by atoms with Crippen LogP contribution in [-0.4, -0.2) is 15.3 Å². The lowest BCUT2D eigenvalue weighted by Crippen LogP contribution is -1.84. The lowest BCUT2D eigenvalue weighted by atomic mass is 10.3. The number of fused-ring (bicyclic) bond motifs is 1. The van der Waals surface area contributed by atoms with Gasteiger partial charge in [-0.15, -0.1) is 0 Å². The van der Waals surface area contributed by atoms with Gasteiger partial charge in [0, 0.05) is 17.0 Å². The summed E-state index contributed by atoms with van der Waals surface area (Å²) in [5.41, 5.74) is 1.72. The fourth-order valence-corrected chi connectivity index (χ4v) is 1.14. The molecule has 0 atom stereocenters. The summed E-state index contributed by atoms with van der Waals surface area (Å²) in [6.07, 6.45) is 1.87. The van der Waals surface area contributed by atoms with Crippen LogP contribution in [-0.2, 0) is 0 Å². The summed E-state index contributed by atoms with van der Waals surface area (Å²) in [5.74, 6) is 0. The van der Waals surface area contributed by atoms with E-state index in [9.17, 15) is 0 Å². The zero-order valence-corrected chi connectivity index (χ0v) is 6.56. The fourth-order valence-electron chi connectivity index (χ4n) is 1.01. The Morgan fingerprint density at radius 3 is 3.09 bits per heavy atom. The van der Waals surface area contributed by atoms with Crippen LogP contribution in [0.5, 0.6) is 0 Å². The minimum Gasteiger partial charge on any atom is -0.346 e. The van der Waals surface area contributed by atoms with E-state index in [1.807, 2.05) is 24.4 Å². The number of pyridine rings is 1. The number of aromatic amines is 1. The van der Waals surface area contributed by atoms with Crippen LogP contribution in [0, 0.1) is 0 Å². The highest BCUT2D eigenvalue weighted by Gasteiger charge is 1.94. The average Bonchev–Trinajstić information content (AvgIpc) is 2.50. The molecular weight excluding hydrogens is 156 g/mol. The lowest BCUT2D eigenvalue weighted by Gasteiger charge is -1.90. The Morgan fingerprint density at radius 2 is 2.27 bits per heavy atom. The Kier molecular flexibility index (Phi) is 1.43. The highest BCUT2D eigenvalue weighted by molar-refractivity contribution is 7.79. The van der Waals surface area contributed by atoms with Crippen LogP contribution < -0.4 is 0 Å². The molecule has 0 fully saturated rings. The Balaban J connectivity index is 2.76. The van der Waals surface area contributed by atoms with E-state index in [1.165, 1.54) is 0 Å². The van der Waals surface area contributed by atoms with E-state index in [4.69, 9.17) is 12.2 Å². The number of nitrogens with one attached hydrogen (secondary N) is 1. The van der Waals surface area contributed by atoms with Crippen molar-refractivity contribution in [1.29, 1.82) is 0 Å². The van der Waals surface area contributed by atoms with Crippen molar-refractivity contribution in [3.05, 3.63) is 30.1 Å². The van der Waals surface area contributed by atoms with Crippen LogP contribution in [0.3, 0.4) is 0 Å². The molecule has 0 aliphatic rings. The largest absolute Gasteiger partial charge is 0.346 e. The van der Waals surface area contributed by atoms with Crippen LogP contribution >= 0.6 is 12.2 Å². The van der Waals surface area contributed by atoms with Crippen molar-refractivity contribution in [2.45, 2.75) is 0 Å². The molecule has 2 heterocycles. The molecule has 0 aliphatic carbocycles. The van der Waals surface area contributed by atoms with E-state index >= 15 is 0 Å². The molecule has 2 rings (SSSR count). The number of aromatic nitrogens is 2. The molecule has 2 aromatic rings. The molecule has 0 unspecified atom stereocenters. The predicted molar refractivity (Wildman–Crippen MR) is 48.9 cm³/mol. The normalized spacial score (nSPS) is 10.2. The maximum absolute atomic E-state index is 4.75. The van der Waals surface area contributed by atoms with Gasteiger partial charge in [0.25, 0.3) is 0 Å². The minimum absolute atomic E-state index is 0.829. The Hall–Kier alpha value is -1.22. The number of H-pyrrole nitrogens is 1. The van der Waals surface area contributed by atoms with Gasteiger partial charge in [0.05, 0.1) is 5.69 Å². The summed E-state index contributed by atoms with van der Waals surface area (Å²) < 4.78 is 0. The smallest absolute Gasteiger partial charge is 0.137 e. The molecule has 2 nitrogen and oxygen atoms in total. The maximum atomic E-state index is 4.75. The van der Waals surface area contributed by atoms with E-state index in [-0.39, 0.29) is 0 Å². The molecule has 0 bridgehead atoms. The third-order valence-electron chi connectivity index (χ3n) is 1.55. The van der Waals surface area contributed by atoms with Crippen molar-refractivity contribution in [2.24, 2.45) is 0 Å². The van der Waals surface area contributed by atoms with Gasteiger partial charge in [-0.05, 0) is 18.2 Å². The van der Waals surface area contributed by atoms with E-state index in [1.54, 1.807) is 5.37 Å². The van der Waals surface area contributed by atoms with Crippen LogP contribution in [0.25, 0.3) is 11.0 Å². The van der Waals surface area contributed by atoms with Crippen LogP contribution in [0.2, 0.25) is 0 Å². The van der Waals surface area contributed by atoms with Crippen molar-refractivity contribution < 1.29 is 0 Å². The topological polar surface area (TPSA) is 28.7 Å². The van der Waals surface area contributed by atoms with Crippen molar-refractivity contribution in [3.63, 3.8) is 0 Å². The minimum atomic E-state index is 0.829. The van der Waals surface area contributed by atoms with Gasteiger partial charge in [0.1, 0.15) is 5.65 Å². The molecule has 3 heteroatoms. The molecule has 0 aliphatic heterocycles. The Labute approximate surface area is 69.3 Å². The van der Waals surface area contributed by atoms with Crippen LogP contribution in [0.15, 0.2) is 24.4 Å². The van der Waals surface area contributed by atoms with Gasteiger partial charge in [-0.2, -0.15) is 0 Å². The summed E-state index contributed by atoms with van der Waals surface area (Å²) in [6, 6.07) is 5.88. The number of hydrogen-bond donors (Lipinski definition) is 1. The second-order valence-corrected chi connectivity index (χ2v) is 2.51. The van der Waals surface area contributed by atoms with Crippen molar-refractivity contribution in [3.8, 4) is 0 Å². The predicted octanol–water partition coefficient (Wildman–Crippen LogP) is 1.91. The van der Waals surface area contributed by atoms with Gasteiger partial charge in [0.2, 0.25) is 0 Å². The Bertz CT molecular complexity index is 392. The van der Waals surface area contributed by atoms with Gasteiger partial charge in [-0.3, -0.25) is 0 Å². The average molecular weight is 162 g/mol.